The highest BCUT2D eigenvalue weighted by atomic mass is 79.9. The van der Waals surface area contributed by atoms with Crippen molar-refractivity contribution in [3.8, 4) is 0 Å². The van der Waals surface area contributed by atoms with E-state index in [1.807, 2.05) is 6.92 Å². The third-order valence-electron chi connectivity index (χ3n) is 2.19. The molecular formula is C9H16BrNO2. The van der Waals surface area contributed by atoms with E-state index in [9.17, 15) is 4.79 Å². The van der Waals surface area contributed by atoms with Crippen LogP contribution in [0.15, 0.2) is 0 Å². The number of carbonyl (C=O) groups is 1. The average Bonchev–Trinajstić information content (AvgIpc) is 2.07. The van der Waals surface area contributed by atoms with Gasteiger partial charge in [-0.2, -0.15) is 0 Å². The van der Waals surface area contributed by atoms with Crippen molar-refractivity contribution in [3.05, 3.63) is 0 Å². The molecule has 1 unspecified atom stereocenters. The first-order valence-corrected chi connectivity index (χ1v) is 5.83. The van der Waals surface area contributed by atoms with Gasteiger partial charge >= 0.3 is 6.09 Å². The number of nitrogens with one attached hydrogen (secondary N) is 1. The summed E-state index contributed by atoms with van der Waals surface area (Å²) in [6.07, 6.45) is 3.16. The van der Waals surface area contributed by atoms with E-state index in [-0.39, 0.29) is 6.09 Å². The lowest BCUT2D eigenvalue weighted by Crippen LogP contribution is -2.40. The molecule has 0 saturated heterocycles. The van der Waals surface area contributed by atoms with Crippen molar-refractivity contribution in [2.45, 2.75) is 32.2 Å². The number of alkyl carbamates (subject to hydrolysis) is 1. The summed E-state index contributed by atoms with van der Waals surface area (Å²) in [7, 11) is 0. The third kappa shape index (κ3) is 3.98. The van der Waals surface area contributed by atoms with Crippen LogP contribution in [0, 0.1) is 5.92 Å². The lowest BCUT2D eigenvalue weighted by molar-refractivity contribution is 0.125. The second kappa shape index (κ2) is 5.47. The number of alkyl halides is 1. The molecule has 0 spiro atoms. The van der Waals surface area contributed by atoms with Gasteiger partial charge in [0.15, 0.2) is 0 Å². The maximum absolute atomic E-state index is 11.1. The van der Waals surface area contributed by atoms with Crippen molar-refractivity contribution in [2.24, 2.45) is 5.92 Å². The van der Waals surface area contributed by atoms with Gasteiger partial charge in [0.2, 0.25) is 0 Å². The van der Waals surface area contributed by atoms with Crippen LogP contribution in [0.25, 0.3) is 0 Å². The number of carbonyl (C=O) groups excluding carboxylic acids is 1. The summed E-state index contributed by atoms with van der Waals surface area (Å²) in [5.74, 6) is 0.382. The Morgan fingerprint density at radius 3 is 2.85 bits per heavy atom. The number of amides is 1. The fraction of sp³-hybridized carbons (Fsp3) is 0.889. The summed E-state index contributed by atoms with van der Waals surface area (Å²) >= 11 is 3.33. The fourth-order valence-corrected chi connectivity index (χ4v) is 1.21. The van der Waals surface area contributed by atoms with Gasteiger partial charge in [0.25, 0.3) is 0 Å². The van der Waals surface area contributed by atoms with Gasteiger partial charge in [0.05, 0.1) is 6.61 Å². The van der Waals surface area contributed by atoms with E-state index in [1.54, 1.807) is 0 Å². The maximum Gasteiger partial charge on any atom is 0.407 e. The Morgan fingerprint density at radius 2 is 2.38 bits per heavy atom. The minimum Gasteiger partial charge on any atom is -0.449 e. The van der Waals surface area contributed by atoms with Crippen LogP contribution in [-0.4, -0.2) is 24.1 Å². The van der Waals surface area contributed by atoms with Crippen LogP contribution in [0.4, 0.5) is 4.79 Å². The predicted molar refractivity (Wildman–Crippen MR) is 55.1 cm³/mol. The standard InChI is InChI=1S/C9H16BrNO2/c1-7(5-10)6-13-9(12)11-8-3-2-4-8/h7-8H,2-6H2,1H3,(H,11,12). The molecule has 0 aliphatic heterocycles. The number of halogens is 1. The molecule has 1 saturated carbocycles. The Labute approximate surface area is 87.3 Å². The summed E-state index contributed by atoms with van der Waals surface area (Å²) in [5, 5.41) is 3.68. The smallest absolute Gasteiger partial charge is 0.407 e. The number of hydrogen-bond donors (Lipinski definition) is 1. The van der Waals surface area contributed by atoms with Crippen LogP contribution in [0.3, 0.4) is 0 Å². The largest absolute Gasteiger partial charge is 0.449 e. The minimum absolute atomic E-state index is 0.266. The van der Waals surface area contributed by atoms with Crippen molar-refractivity contribution in [3.63, 3.8) is 0 Å². The van der Waals surface area contributed by atoms with E-state index < -0.39 is 0 Å². The average molecular weight is 250 g/mol. The van der Waals surface area contributed by atoms with E-state index in [0.29, 0.717) is 18.6 Å². The van der Waals surface area contributed by atoms with Gasteiger partial charge in [-0.3, -0.25) is 0 Å². The van der Waals surface area contributed by atoms with Crippen molar-refractivity contribution in [1.29, 1.82) is 0 Å². The Kier molecular flexibility index (Phi) is 4.56. The van der Waals surface area contributed by atoms with Crippen LogP contribution in [0.5, 0.6) is 0 Å². The molecule has 3 nitrogen and oxygen atoms in total. The molecule has 1 aliphatic rings. The first-order chi connectivity index (χ1) is 6.22. The molecule has 1 N–H and O–H groups in total. The van der Waals surface area contributed by atoms with Crippen LogP contribution in [0.2, 0.25) is 0 Å². The van der Waals surface area contributed by atoms with Gasteiger partial charge in [0.1, 0.15) is 0 Å². The second-order valence-corrected chi connectivity index (χ2v) is 4.28. The molecule has 76 valence electrons. The van der Waals surface area contributed by atoms with E-state index in [1.165, 1.54) is 6.42 Å². The monoisotopic (exact) mass is 249 g/mol. The Hall–Kier alpha value is -0.250. The molecule has 13 heavy (non-hydrogen) atoms. The number of ether oxygens (including phenoxy) is 1. The van der Waals surface area contributed by atoms with Gasteiger partial charge in [-0.05, 0) is 19.3 Å². The van der Waals surface area contributed by atoms with Gasteiger partial charge in [-0.15, -0.1) is 0 Å². The molecule has 1 rings (SSSR count). The normalized spacial score (nSPS) is 18.9. The quantitative estimate of drug-likeness (QED) is 0.777. The summed E-state index contributed by atoms with van der Waals surface area (Å²) < 4.78 is 5.02. The fourth-order valence-electron chi connectivity index (χ4n) is 1.02. The van der Waals surface area contributed by atoms with E-state index in [2.05, 4.69) is 21.2 Å². The zero-order valence-electron chi connectivity index (χ0n) is 7.88. The van der Waals surface area contributed by atoms with Crippen LogP contribution in [-0.2, 0) is 4.74 Å². The molecule has 1 aliphatic carbocycles. The summed E-state index contributed by atoms with van der Waals surface area (Å²) in [6, 6.07) is 0.367. The number of rotatable bonds is 4. The third-order valence-corrected chi connectivity index (χ3v) is 3.29. The van der Waals surface area contributed by atoms with E-state index >= 15 is 0 Å². The van der Waals surface area contributed by atoms with Crippen LogP contribution < -0.4 is 5.32 Å². The highest BCUT2D eigenvalue weighted by Crippen LogP contribution is 2.17. The van der Waals surface area contributed by atoms with Crippen LogP contribution in [0.1, 0.15) is 26.2 Å². The molecule has 1 amide bonds. The maximum atomic E-state index is 11.1. The zero-order valence-corrected chi connectivity index (χ0v) is 9.47. The Morgan fingerprint density at radius 1 is 1.69 bits per heavy atom. The lowest BCUT2D eigenvalue weighted by atomic mass is 9.93. The van der Waals surface area contributed by atoms with E-state index in [0.717, 1.165) is 18.2 Å². The van der Waals surface area contributed by atoms with Crippen molar-refractivity contribution in [1.82, 2.24) is 5.32 Å². The van der Waals surface area contributed by atoms with Crippen molar-refractivity contribution >= 4 is 22.0 Å². The van der Waals surface area contributed by atoms with Crippen LogP contribution >= 0.6 is 15.9 Å². The predicted octanol–water partition coefficient (Wildman–Crippen LogP) is 2.30. The Balaban J connectivity index is 2.03. The van der Waals surface area contributed by atoms with Gasteiger partial charge < -0.3 is 10.1 Å². The minimum atomic E-state index is -0.266. The summed E-state index contributed by atoms with van der Waals surface area (Å²) in [6.45, 7) is 2.52. The molecular weight excluding hydrogens is 234 g/mol. The molecule has 0 radical (unpaired) electrons. The van der Waals surface area contributed by atoms with Crippen molar-refractivity contribution < 1.29 is 9.53 Å². The highest BCUT2D eigenvalue weighted by Gasteiger charge is 2.20. The molecule has 4 heteroatoms. The number of hydrogen-bond acceptors (Lipinski definition) is 2. The SMILES string of the molecule is CC(CBr)COC(=O)NC1CCC1. The van der Waals surface area contributed by atoms with Gasteiger partial charge in [0, 0.05) is 17.3 Å². The Bertz CT molecular complexity index is 171. The topological polar surface area (TPSA) is 38.3 Å². The molecule has 0 aromatic carbocycles. The second-order valence-electron chi connectivity index (χ2n) is 3.63. The highest BCUT2D eigenvalue weighted by molar-refractivity contribution is 9.09. The molecule has 0 bridgehead atoms. The summed E-state index contributed by atoms with van der Waals surface area (Å²) in [5.41, 5.74) is 0. The first kappa shape index (κ1) is 10.8. The lowest BCUT2D eigenvalue weighted by Gasteiger charge is -2.26. The van der Waals surface area contributed by atoms with Gasteiger partial charge in [-0.1, -0.05) is 22.9 Å². The summed E-state index contributed by atoms with van der Waals surface area (Å²) in [4.78, 5) is 11.1. The molecule has 0 heterocycles. The molecule has 1 atom stereocenters. The van der Waals surface area contributed by atoms with E-state index in [4.69, 9.17) is 4.74 Å². The van der Waals surface area contributed by atoms with Gasteiger partial charge in [-0.25, -0.2) is 4.79 Å². The zero-order chi connectivity index (χ0) is 9.68. The molecule has 1 fully saturated rings. The molecule has 0 aromatic heterocycles. The van der Waals surface area contributed by atoms with Crippen molar-refractivity contribution in [2.75, 3.05) is 11.9 Å². The molecule has 0 aromatic rings. The first-order valence-electron chi connectivity index (χ1n) is 4.71.